The molecule has 1 aromatic rings. The van der Waals surface area contributed by atoms with Crippen molar-refractivity contribution in [1.82, 2.24) is 0 Å². The lowest BCUT2D eigenvalue weighted by Crippen LogP contribution is -1.68. The Kier molecular flexibility index (Phi) is 1.45. The third kappa shape index (κ3) is 0.962. The van der Waals surface area contributed by atoms with Gasteiger partial charge in [0.2, 0.25) is 0 Å². The first-order valence-electron chi connectivity index (χ1n) is 2.38. The third-order valence-corrected chi connectivity index (χ3v) is 1.47. The molecule has 0 spiro atoms. The van der Waals surface area contributed by atoms with Crippen LogP contribution in [0.15, 0.2) is 17.0 Å². The van der Waals surface area contributed by atoms with Crippen LogP contribution in [0.3, 0.4) is 0 Å². The quantitative estimate of drug-likeness (QED) is 0.499. The van der Waals surface area contributed by atoms with Crippen molar-refractivity contribution in [1.29, 1.82) is 0 Å². The summed E-state index contributed by atoms with van der Waals surface area (Å²) in [4.78, 5) is 0.976. The summed E-state index contributed by atoms with van der Waals surface area (Å²) in [6.07, 6.45) is 0. The molecule has 0 nitrogen and oxygen atoms in total. The van der Waals surface area contributed by atoms with E-state index in [1.54, 1.807) is 6.07 Å². The monoisotopic (exact) mass is 122 g/mol. The zero-order chi connectivity index (χ0) is 5.98. The van der Waals surface area contributed by atoms with E-state index >= 15 is 0 Å². The van der Waals surface area contributed by atoms with Crippen LogP contribution in [-0.4, -0.2) is 0 Å². The molecule has 0 amide bonds. The molecule has 40 valence electrons. The number of hydrogen-bond donors (Lipinski definition) is 1. The molecule has 0 heterocycles. The van der Waals surface area contributed by atoms with E-state index in [1.807, 2.05) is 13.0 Å². The lowest BCUT2D eigenvalue weighted by atomic mass is 10.3. The summed E-state index contributed by atoms with van der Waals surface area (Å²) in [6.45, 7) is 1.99. The Bertz CT molecular complexity index is 160. The van der Waals surface area contributed by atoms with Crippen LogP contribution in [0.5, 0.6) is 0 Å². The summed E-state index contributed by atoms with van der Waals surface area (Å²) in [5.74, 6) is 0. The predicted molar refractivity (Wildman–Crippen MR) is 36.1 cm³/mol. The topological polar surface area (TPSA) is 0 Å². The molecule has 0 aliphatic carbocycles. The Morgan fingerprint density at radius 3 is 2.38 bits per heavy atom. The van der Waals surface area contributed by atoms with Crippen molar-refractivity contribution >= 4 is 12.6 Å². The molecule has 0 saturated carbocycles. The second-order valence-electron chi connectivity index (χ2n) is 1.65. The summed E-state index contributed by atoms with van der Waals surface area (Å²) < 4.78 is 0. The lowest BCUT2D eigenvalue weighted by molar-refractivity contribution is 1.32. The highest BCUT2D eigenvalue weighted by Gasteiger charge is 1.84. The summed E-state index contributed by atoms with van der Waals surface area (Å²) in [5.41, 5.74) is 1.15. The van der Waals surface area contributed by atoms with Gasteiger partial charge >= 0.3 is 0 Å². The van der Waals surface area contributed by atoms with Gasteiger partial charge < -0.3 is 0 Å². The molecular formula is C7H6S. The average molecular weight is 122 g/mol. The van der Waals surface area contributed by atoms with E-state index in [1.165, 1.54) is 0 Å². The van der Waals surface area contributed by atoms with Crippen molar-refractivity contribution in [3.63, 3.8) is 0 Å². The van der Waals surface area contributed by atoms with Gasteiger partial charge in [0.25, 0.3) is 0 Å². The van der Waals surface area contributed by atoms with Crippen molar-refractivity contribution in [2.45, 2.75) is 11.8 Å². The molecule has 0 atom stereocenters. The molecule has 0 radical (unpaired) electrons. The largest absolute Gasteiger partial charge is 0.142 e. The average Bonchev–Trinajstić information content (AvgIpc) is 1.77. The Balaban J connectivity index is 3.13. The lowest BCUT2D eigenvalue weighted by Gasteiger charge is -1.88. The zero-order valence-electron chi connectivity index (χ0n) is 4.60. The highest BCUT2D eigenvalue weighted by atomic mass is 32.1. The van der Waals surface area contributed by atoms with E-state index < -0.39 is 0 Å². The molecular weight excluding hydrogens is 116 g/mol. The Labute approximate surface area is 55.0 Å². The first kappa shape index (κ1) is 5.53. The van der Waals surface area contributed by atoms with Crippen molar-refractivity contribution in [3.8, 4) is 0 Å². The minimum atomic E-state index is 0.976. The molecule has 0 aliphatic heterocycles. The van der Waals surface area contributed by atoms with E-state index in [-0.39, 0.29) is 0 Å². The summed E-state index contributed by atoms with van der Waals surface area (Å²) in [7, 11) is 0. The van der Waals surface area contributed by atoms with Gasteiger partial charge in [0.15, 0.2) is 0 Å². The van der Waals surface area contributed by atoms with Crippen LogP contribution >= 0.6 is 12.6 Å². The van der Waals surface area contributed by atoms with Crippen molar-refractivity contribution < 1.29 is 0 Å². The highest BCUT2D eigenvalue weighted by molar-refractivity contribution is 7.80. The van der Waals surface area contributed by atoms with Crippen LogP contribution in [0.2, 0.25) is 0 Å². The molecule has 0 aromatic heterocycles. The molecule has 0 unspecified atom stereocenters. The van der Waals surface area contributed by atoms with Gasteiger partial charge in [-0.3, -0.25) is 0 Å². The number of aryl methyl sites for hydroxylation is 1. The predicted octanol–water partition coefficient (Wildman–Crippen LogP) is 1.88. The normalized spacial score (nSPS) is 8.25. The van der Waals surface area contributed by atoms with E-state index in [4.69, 9.17) is 0 Å². The van der Waals surface area contributed by atoms with Gasteiger partial charge in [-0.25, -0.2) is 0 Å². The molecule has 1 rings (SSSR count). The maximum atomic E-state index is 4.15. The van der Waals surface area contributed by atoms with Crippen LogP contribution in [0.1, 0.15) is 5.56 Å². The van der Waals surface area contributed by atoms with Crippen LogP contribution < -0.4 is 0 Å². The minimum Gasteiger partial charge on any atom is -0.142 e. The van der Waals surface area contributed by atoms with Gasteiger partial charge in [0.1, 0.15) is 0 Å². The Morgan fingerprint density at radius 2 is 2.00 bits per heavy atom. The van der Waals surface area contributed by atoms with Crippen molar-refractivity contribution in [2.75, 3.05) is 0 Å². The molecule has 0 saturated heterocycles. The molecule has 0 fully saturated rings. The maximum Gasteiger partial charge on any atom is 0.0159 e. The fourth-order valence-electron chi connectivity index (χ4n) is 0.448. The van der Waals surface area contributed by atoms with E-state index in [2.05, 4.69) is 24.8 Å². The Hall–Kier alpha value is -0.610. The summed E-state index contributed by atoms with van der Waals surface area (Å²) >= 11 is 4.15. The van der Waals surface area contributed by atoms with Gasteiger partial charge in [0, 0.05) is 11.0 Å². The summed E-state index contributed by atoms with van der Waals surface area (Å²) in [6, 6.07) is 9.30. The second kappa shape index (κ2) is 2.11. The van der Waals surface area contributed by atoms with Crippen LogP contribution in [0, 0.1) is 19.1 Å². The van der Waals surface area contributed by atoms with Gasteiger partial charge in [-0.1, -0.05) is 12.1 Å². The standard InChI is InChI=1S/C7H6S/c1-6-4-2-3-5-7(6)8/h4-5,8H,1H3. The molecule has 1 aromatic carbocycles. The summed E-state index contributed by atoms with van der Waals surface area (Å²) in [5, 5.41) is 0. The fourth-order valence-corrected chi connectivity index (χ4v) is 0.577. The van der Waals surface area contributed by atoms with Gasteiger partial charge in [0.05, 0.1) is 0 Å². The van der Waals surface area contributed by atoms with Gasteiger partial charge in [-0.15, -0.1) is 12.6 Å². The SMILES string of the molecule is Cc1cc#ccc1S. The fraction of sp³-hybridized carbons (Fsp3) is 0.143. The van der Waals surface area contributed by atoms with E-state index in [0.717, 1.165) is 10.5 Å². The van der Waals surface area contributed by atoms with E-state index in [9.17, 15) is 0 Å². The maximum absolute atomic E-state index is 4.15. The zero-order valence-corrected chi connectivity index (χ0v) is 5.50. The van der Waals surface area contributed by atoms with Gasteiger partial charge in [-0.2, -0.15) is 0 Å². The van der Waals surface area contributed by atoms with Crippen LogP contribution in [0.4, 0.5) is 0 Å². The van der Waals surface area contributed by atoms with Crippen molar-refractivity contribution in [2.24, 2.45) is 0 Å². The number of hydrogen-bond acceptors (Lipinski definition) is 1. The van der Waals surface area contributed by atoms with Crippen LogP contribution in [0.25, 0.3) is 0 Å². The molecule has 0 aliphatic rings. The number of thiol groups is 1. The highest BCUT2D eigenvalue weighted by Crippen LogP contribution is 2.07. The smallest absolute Gasteiger partial charge is 0.0159 e. The first-order valence-corrected chi connectivity index (χ1v) is 2.83. The van der Waals surface area contributed by atoms with E-state index in [0.29, 0.717) is 0 Å². The molecule has 8 heavy (non-hydrogen) atoms. The van der Waals surface area contributed by atoms with Crippen LogP contribution in [-0.2, 0) is 0 Å². The number of rotatable bonds is 0. The molecule has 0 N–H and O–H groups in total. The third-order valence-electron chi connectivity index (χ3n) is 0.985. The first-order chi connectivity index (χ1) is 3.80. The molecule has 0 bridgehead atoms. The van der Waals surface area contributed by atoms with Crippen molar-refractivity contribution in [3.05, 3.63) is 29.8 Å². The second-order valence-corrected chi connectivity index (χ2v) is 2.13. The van der Waals surface area contributed by atoms with Gasteiger partial charge in [-0.05, 0) is 18.6 Å². The Morgan fingerprint density at radius 1 is 1.38 bits per heavy atom. The molecule has 1 heteroatoms. The minimum absolute atomic E-state index is 0.976.